The van der Waals surface area contributed by atoms with Crippen LogP contribution in [0.4, 0.5) is 4.39 Å². The fourth-order valence-corrected chi connectivity index (χ4v) is 1.86. The van der Waals surface area contributed by atoms with Gasteiger partial charge >= 0.3 is 0 Å². The normalized spacial score (nSPS) is 11.6. The van der Waals surface area contributed by atoms with Gasteiger partial charge in [0, 0.05) is 10.7 Å². The Bertz CT molecular complexity index is 434. The maximum absolute atomic E-state index is 12.8. The van der Waals surface area contributed by atoms with E-state index in [9.17, 15) is 12.8 Å². The summed E-state index contributed by atoms with van der Waals surface area (Å²) < 4.78 is 34.0. The molecule has 0 aliphatic rings. The average molecular weight is 241 g/mol. The Balaban J connectivity index is 3.14. The maximum atomic E-state index is 12.8. The molecule has 2 N–H and O–H groups in total. The number of halogens is 2. The molecule has 0 fully saturated rings. The van der Waals surface area contributed by atoms with Gasteiger partial charge in [0.2, 0.25) is 9.05 Å². The summed E-state index contributed by atoms with van der Waals surface area (Å²) in [5.74, 6) is -3.35. The average Bonchev–Trinajstić information content (AvgIpc) is 1.96. The summed E-state index contributed by atoms with van der Waals surface area (Å²) in [4.78, 5) is 0. The summed E-state index contributed by atoms with van der Waals surface area (Å²) in [6.07, 6.45) is 0. The SMILES string of the molecule is O=S(=O)(Cl)Cc1cc(O)c(O)c(F)c1. The molecule has 0 aliphatic heterocycles. The molecule has 4 nitrogen and oxygen atoms in total. The minimum absolute atomic E-state index is 0.0344. The molecular formula is C7H6ClFO4S. The molecule has 0 radical (unpaired) electrons. The van der Waals surface area contributed by atoms with E-state index in [0.29, 0.717) is 0 Å². The van der Waals surface area contributed by atoms with E-state index in [1.807, 2.05) is 0 Å². The highest BCUT2D eigenvalue weighted by molar-refractivity contribution is 8.13. The minimum Gasteiger partial charge on any atom is -0.504 e. The zero-order valence-electron chi connectivity index (χ0n) is 6.74. The monoisotopic (exact) mass is 240 g/mol. The summed E-state index contributed by atoms with van der Waals surface area (Å²) >= 11 is 0. The van der Waals surface area contributed by atoms with Crippen LogP contribution in [0.5, 0.6) is 11.5 Å². The number of benzene rings is 1. The van der Waals surface area contributed by atoms with E-state index in [2.05, 4.69) is 0 Å². The Morgan fingerprint density at radius 3 is 2.36 bits per heavy atom. The van der Waals surface area contributed by atoms with Crippen molar-refractivity contribution < 1.29 is 23.0 Å². The van der Waals surface area contributed by atoms with Crippen LogP contribution in [-0.2, 0) is 14.8 Å². The van der Waals surface area contributed by atoms with E-state index < -0.39 is 32.1 Å². The third kappa shape index (κ3) is 2.74. The van der Waals surface area contributed by atoms with Gasteiger partial charge in [0.05, 0.1) is 5.75 Å². The first kappa shape index (κ1) is 11.1. The summed E-state index contributed by atoms with van der Waals surface area (Å²) in [5.41, 5.74) is -0.0344. The molecule has 0 aromatic heterocycles. The second kappa shape index (κ2) is 3.62. The van der Waals surface area contributed by atoms with Crippen LogP contribution in [0.3, 0.4) is 0 Å². The van der Waals surface area contributed by atoms with Crippen LogP contribution in [0.2, 0.25) is 0 Å². The quantitative estimate of drug-likeness (QED) is 0.604. The highest BCUT2D eigenvalue weighted by atomic mass is 35.7. The Morgan fingerprint density at radius 1 is 1.36 bits per heavy atom. The molecule has 0 aliphatic carbocycles. The van der Waals surface area contributed by atoms with Crippen LogP contribution < -0.4 is 0 Å². The smallest absolute Gasteiger partial charge is 0.236 e. The van der Waals surface area contributed by atoms with Crippen molar-refractivity contribution in [3.05, 3.63) is 23.5 Å². The van der Waals surface area contributed by atoms with Crippen molar-refractivity contribution in [2.75, 3.05) is 0 Å². The van der Waals surface area contributed by atoms with Crippen molar-refractivity contribution >= 4 is 19.7 Å². The third-order valence-corrected chi connectivity index (χ3v) is 2.45. The molecule has 0 bridgehead atoms. The molecule has 14 heavy (non-hydrogen) atoms. The van der Waals surface area contributed by atoms with Crippen LogP contribution in [-0.4, -0.2) is 18.6 Å². The van der Waals surface area contributed by atoms with Crippen molar-refractivity contribution in [1.29, 1.82) is 0 Å². The third-order valence-electron chi connectivity index (χ3n) is 1.44. The second-order valence-corrected chi connectivity index (χ2v) is 5.41. The van der Waals surface area contributed by atoms with Crippen LogP contribution in [0.1, 0.15) is 5.56 Å². The van der Waals surface area contributed by atoms with Gasteiger partial charge in [0.15, 0.2) is 17.3 Å². The van der Waals surface area contributed by atoms with Gasteiger partial charge in [0.1, 0.15) is 0 Å². The van der Waals surface area contributed by atoms with Crippen molar-refractivity contribution in [2.24, 2.45) is 0 Å². The lowest BCUT2D eigenvalue weighted by molar-refractivity contribution is 0.378. The lowest BCUT2D eigenvalue weighted by Gasteiger charge is -2.02. The standard InChI is InChI=1S/C7H6ClFO4S/c8-14(12,13)3-4-1-5(9)7(11)6(10)2-4/h1-2,10-11H,3H2. The second-order valence-electron chi connectivity index (χ2n) is 2.63. The molecule has 1 aromatic carbocycles. The Labute approximate surface area is 84.0 Å². The van der Waals surface area contributed by atoms with Gasteiger partial charge in [0.25, 0.3) is 0 Å². The number of aromatic hydroxyl groups is 2. The molecule has 1 aromatic rings. The largest absolute Gasteiger partial charge is 0.504 e. The van der Waals surface area contributed by atoms with E-state index in [4.69, 9.17) is 20.9 Å². The van der Waals surface area contributed by atoms with Crippen LogP contribution >= 0.6 is 10.7 Å². The topological polar surface area (TPSA) is 74.6 Å². The molecular weight excluding hydrogens is 235 g/mol. The number of phenols is 2. The van der Waals surface area contributed by atoms with Crippen molar-refractivity contribution in [2.45, 2.75) is 5.75 Å². The molecule has 0 atom stereocenters. The summed E-state index contributed by atoms with van der Waals surface area (Å²) in [6, 6.07) is 1.72. The predicted molar refractivity (Wildman–Crippen MR) is 48.2 cm³/mol. The summed E-state index contributed by atoms with van der Waals surface area (Å²) in [5, 5.41) is 17.8. The highest BCUT2D eigenvalue weighted by Gasteiger charge is 2.13. The van der Waals surface area contributed by atoms with Gasteiger partial charge in [-0.05, 0) is 17.7 Å². The molecule has 0 unspecified atom stereocenters. The summed E-state index contributed by atoms with van der Waals surface area (Å²) in [7, 11) is 1.11. The zero-order valence-corrected chi connectivity index (χ0v) is 8.31. The van der Waals surface area contributed by atoms with Crippen LogP contribution in [0.25, 0.3) is 0 Å². The number of hydrogen-bond donors (Lipinski definition) is 2. The number of rotatable bonds is 2. The van der Waals surface area contributed by atoms with Crippen LogP contribution in [0.15, 0.2) is 12.1 Å². The first-order valence-corrected chi connectivity index (χ1v) is 5.90. The molecule has 0 saturated carbocycles. The predicted octanol–water partition coefficient (Wildman–Crippen LogP) is 1.31. The van der Waals surface area contributed by atoms with Crippen molar-refractivity contribution in [3.8, 4) is 11.5 Å². The van der Waals surface area contributed by atoms with Crippen molar-refractivity contribution in [3.63, 3.8) is 0 Å². The summed E-state index contributed by atoms with van der Waals surface area (Å²) in [6.45, 7) is 0. The molecule has 0 amide bonds. The van der Waals surface area contributed by atoms with E-state index in [1.165, 1.54) is 0 Å². The van der Waals surface area contributed by atoms with Crippen molar-refractivity contribution in [1.82, 2.24) is 0 Å². The Kier molecular flexibility index (Phi) is 2.86. The van der Waals surface area contributed by atoms with Gasteiger partial charge < -0.3 is 10.2 Å². The van der Waals surface area contributed by atoms with Gasteiger partial charge in [-0.2, -0.15) is 0 Å². The van der Waals surface area contributed by atoms with Crippen LogP contribution in [0, 0.1) is 5.82 Å². The van der Waals surface area contributed by atoms with Gasteiger partial charge in [-0.15, -0.1) is 0 Å². The van der Waals surface area contributed by atoms with Gasteiger partial charge in [-0.3, -0.25) is 0 Å². The van der Waals surface area contributed by atoms with E-state index in [-0.39, 0.29) is 5.56 Å². The number of phenolic OH excluding ortho intramolecular Hbond substituents is 2. The van der Waals surface area contributed by atoms with E-state index in [1.54, 1.807) is 0 Å². The first-order valence-electron chi connectivity index (χ1n) is 3.42. The minimum atomic E-state index is -3.81. The van der Waals surface area contributed by atoms with E-state index in [0.717, 1.165) is 12.1 Å². The molecule has 1 rings (SSSR count). The Morgan fingerprint density at radius 2 is 1.93 bits per heavy atom. The fourth-order valence-electron chi connectivity index (χ4n) is 0.922. The fraction of sp³-hybridized carbons (Fsp3) is 0.143. The molecule has 0 spiro atoms. The van der Waals surface area contributed by atoms with E-state index >= 15 is 0 Å². The first-order chi connectivity index (χ1) is 6.29. The lowest BCUT2D eigenvalue weighted by atomic mass is 10.2. The highest BCUT2D eigenvalue weighted by Crippen LogP contribution is 2.29. The van der Waals surface area contributed by atoms with Gasteiger partial charge in [-0.25, -0.2) is 12.8 Å². The molecule has 0 saturated heterocycles. The van der Waals surface area contributed by atoms with Gasteiger partial charge in [-0.1, -0.05) is 0 Å². The zero-order chi connectivity index (χ0) is 10.9. The Hall–Kier alpha value is -1.01. The molecule has 7 heteroatoms. The maximum Gasteiger partial charge on any atom is 0.236 e. The molecule has 0 heterocycles. The number of hydrogen-bond acceptors (Lipinski definition) is 4. The lowest BCUT2D eigenvalue weighted by Crippen LogP contribution is -1.95. The molecule has 78 valence electrons.